The summed E-state index contributed by atoms with van der Waals surface area (Å²) in [6.45, 7) is 0. The van der Waals surface area contributed by atoms with Crippen molar-refractivity contribution in [2.24, 2.45) is 0 Å². The molecule has 0 unspecified atom stereocenters. The van der Waals surface area contributed by atoms with Gasteiger partial charge in [0, 0.05) is 17.4 Å². The van der Waals surface area contributed by atoms with Gasteiger partial charge in [-0.25, -0.2) is 0 Å². The van der Waals surface area contributed by atoms with Gasteiger partial charge in [-0.3, -0.25) is 4.79 Å². The monoisotopic (exact) mass is 281 g/mol. The first kappa shape index (κ1) is 14.1. The van der Waals surface area contributed by atoms with Gasteiger partial charge in [0.2, 0.25) is 0 Å². The number of hydrogen-bond donors (Lipinski definition) is 3. The lowest BCUT2D eigenvalue weighted by Crippen LogP contribution is -2.38. The van der Waals surface area contributed by atoms with E-state index in [0.29, 0.717) is 5.25 Å². The predicted molar refractivity (Wildman–Crippen MR) is 76.8 cm³/mol. The Morgan fingerprint density at radius 1 is 1.26 bits per heavy atom. The van der Waals surface area contributed by atoms with E-state index in [1.165, 1.54) is 18.2 Å². The Hall–Kier alpha value is -1.36. The largest absolute Gasteiger partial charge is 0.508 e. The lowest BCUT2D eigenvalue weighted by molar-refractivity contribution is 0.0925. The van der Waals surface area contributed by atoms with Crippen molar-refractivity contribution in [3.8, 4) is 11.5 Å². The molecule has 19 heavy (non-hydrogen) atoms. The molecule has 1 aromatic rings. The zero-order valence-electron chi connectivity index (χ0n) is 10.9. The minimum atomic E-state index is -0.273. The number of amides is 1. The molecule has 1 amide bonds. The van der Waals surface area contributed by atoms with E-state index in [9.17, 15) is 15.0 Å². The first-order valence-electron chi connectivity index (χ1n) is 6.45. The molecule has 0 spiro atoms. The van der Waals surface area contributed by atoms with Gasteiger partial charge in [-0.05, 0) is 44.1 Å². The van der Waals surface area contributed by atoms with E-state index in [2.05, 4.69) is 11.6 Å². The lowest BCUT2D eigenvalue weighted by Gasteiger charge is -2.28. The fourth-order valence-electron chi connectivity index (χ4n) is 2.42. The molecule has 104 valence electrons. The van der Waals surface area contributed by atoms with E-state index in [0.717, 1.165) is 25.7 Å². The maximum atomic E-state index is 12.0. The molecule has 0 atom stereocenters. The number of carbonyl (C=O) groups excluding carboxylic acids is 1. The third kappa shape index (κ3) is 3.56. The molecule has 1 aromatic carbocycles. The Balaban J connectivity index is 1.94. The Kier molecular flexibility index (Phi) is 4.58. The van der Waals surface area contributed by atoms with Gasteiger partial charge in [0.05, 0.1) is 5.56 Å². The van der Waals surface area contributed by atoms with Gasteiger partial charge < -0.3 is 15.5 Å². The lowest BCUT2D eigenvalue weighted by atomic mass is 9.94. The smallest absolute Gasteiger partial charge is 0.255 e. The van der Waals surface area contributed by atoms with Crippen molar-refractivity contribution in [3.63, 3.8) is 0 Å². The summed E-state index contributed by atoms with van der Waals surface area (Å²) in [5.41, 5.74) is 0.213. The van der Waals surface area contributed by atoms with Crippen molar-refractivity contribution >= 4 is 17.7 Å². The molecule has 0 aromatic heterocycles. The topological polar surface area (TPSA) is 69.6 Å². The van der Waals surface area contributed by atoms with E-state index in [1.807, 2.05) is 11.8 Å². The number of nitrogens with one attached hydrogen (secondary N) is 1. The van der Waals surface area contributed by atoms with E-state index in [-0.39, 0.29) is 29.0 Å². The van der Waals surface area contributed by atoms with Crippen LogP contribution in [0.5, 0.6) is 11.5 Å². The molecule has 0 saturated heterocycles. The van der Waals surface area contributed by atoms with Crippen LogP contribution in [0.3, 0.4) is 0 Å². The summed E-state index contributed by atoms with van der Waals surface area (Å²) in [4.78, 5) is 12.0. The van der Waals surface area contributed by atoms with Crippen LogP contribution >= 0.6 is 11.8 Å². The van der Waals surface area contributed by atoms with Crippen LogP contribution in [0.2, 0.25) is 0 Å². The summed E-state index contributed by atoms with van der Waals surface area (Å²) < 4.78 is 0. The Labute approximate surface area is 117 Å². The van der Waals surface area contributed by atoms with E-state index >= 15 is 0 Å². The van der Waals surface area contributed by atoms with Crippen LogP contribution in [0, 0.1) is 0 Å². The highest BCUT2D eigenvalue weighted by atomic mass is 32.2. The molecule has 0 bridgehead atoms. The van der Waals surface area contributed by atoms with Crippen LogP contribution < -0.4 is 5.32 Å². The van der Waals surface area contributed by atoms with Crippen LogP contribution in [0.15, 0.2) is 18.2 Å². The number of hydrogen-bond acceptors (Lipinski definition) is 4. The number of phenolic OH excluding ortho intramolecular Hbond substituents is 2. The molecule has 0 aliphatic heterocycles. The van der Waals surface area contributed by atoms with Crippen molar-refractivity contribution in [1.82, 2.24) is 5.32 Å². The molecular weight excluding hydrogens is 262 g/mol. The zero-order chi connectivity index (χ0) is 13.8. The average Bonchev–Trinajstić information content (AvgIpc) is 2.39. The molecule has 4 nitrogen and oxygen atoms in total. The van der Waals surface area contributed by atoms with Crippen molar-refractivity contribution in [2.75, 3.05) is 6.26 Å². The fraction of sp³-hybridized carbons (Fsp3) is 0.500. The van der Waals surface area contributed by atoms with Crippen LogP contribution in [-0.4, -0.2) is 33.7 Å². The first-order valence-corrected chi connectivity index (χ1v) is 7.74. The van der Waals surface area contributed by atoms with Gasteiger partial charge in [0.1, 0.15) is 11.5 Å². The highest BCUT2D eigenvalue weighted by molar-refractivity contribution is 7.99. The van der Waals surface area contributed by atoms with Crippen LogP contribution in [-0.2, 0) is 0 Å². The fourth-order valence-corrected chi connectivity index (χ4v) is 3.16. The van der Waals surface area contributed by atoms with Crippen molar-refractivity contribution in [1.29, 1.82) is 0 Å². The molecule has 0 radical (unpaired) electrons. The third-order valence-corrected chi connectivity index (χ3v) is 4.71. The number of benzene rings is 1. The quantitative estimate of drug-likeness (QED) is 0.796. The Morgan fingerprint density at radius 2 is 1.95 bits per heavy atom. The van der Waals surface area contributed by atoms with Gasteiger partial charge in [0.25, 0.3) is 5.91 Å². The van der Waals surface area contributed by atoms with Gasteiger partial charge in [-0.2, -0.15) is 11.8 Å². The number of rotatable bonds is 3. The molecule has 1 aliphatic rings. The standard InChI is InChI=1S/C14H19NO3S/c1-19-11-5-2-9(3-6-11)15-14(18)12-7-4-10(16)8-13(12)17/h4,7-9,11,16-17H,2-3,5-6H2,1H3,(H,15,18). The third-order valence-electron chi connectivity index (χ3n) is 3.57. The van der Waals surface area contributed by atoms with E-state index in [4.69, 9.17) is 0 Å². The van der Waals surface area contributed by atoms with Gasteiger partial charge in [-0.15, -0.1) is 0 Å². The highest BCUT2D eigenvalue weighted by Crippen LogP contribution is 2.28. The van der Waals surface area contributed by atoms with Gasteiger partial charge >= 0.3 is 0 Å². The minimum Gasteiger partial charge on any atom is -0.508 e. The van der Waals surface area contributed by atoms with Crippen molar-refractivity contribution < 1.29 is 15.0 Å². The van der Waals surface area contributed by atoms with Crippen molar-refractivity contribution in [2.45, 2.75) is 37.0 Å². The number of thioether (sulfide) groups is 1. The highest BCUT2D eigenvalue weighted by Gasteiger charge is 2.23. The minimum absolute atomic E-state index is 0.0467. The molecule has 1 aliphatic carbocycles. The SMILES string of the molecule is CSC1CCC(NC(=O)c2ccc(O)cc2O)CC1. The van der Waals surface area contributed by atoms with Crippen LogP contribution in [0.25, 0.3) is 0 Å². The zero-order valence-corrected chi connectivity index (χ0v) is 11.7. The predicted octanol–water partition coefficient (Wildman–Crippen LogP) is 2.50. The second-order valence-corrected chi connectivity index (χ2v) is 6.02. The average molecular weight is 281 g/mol. The Morgan fingerprint density at radius 3 is 2.53 bits per heavy atom. The normalized spacial score (nSPS) is 23.0. The molecule has 1 fully saturated rings. The summed E-state index contributed by atoms with van der Waals surface area (Å²) in [7, 11) is 0. The number of phenols is 2. The van der Waals surface area contributed by atoms with Gasteiger partial charge in [0.15, 0.2) is 0 Å². The molecule has 5 heteroatoms. The van der Waals surface area contributed by atoms with Crippen LogP contribution in [0.4, 0.5) is 0 Å². The van der Waals surface area contributed by atoms with E-state index in [1.54, 1.807) is 0 Å². The number of carbonyl (C=O) groups is 1. The molecule has 1 saturated carbocycles. The summed E-state index contributed by atoms with van der Waals surface area (Å²) in [5.74, 6) is -0.505. The molecule has 2 rings (SSSR count). The molecule has 0 heterocycles. The van der Waals surface area contributed by atoms with Gasteiger partial charge in [-0.1, -0.05) is 0 Å². The molecule has 3 N–H and O–H groups in total. The summed E-state index contributed by atoms with van der Waals surface area (Å²) >= 11 is 1.89. The van der Waals surface area contributed by atoms with Crippen LogP contribution in [0.1, 0.15) is 36.0 Å². The second kappa shape index (κ2) is 6.19. The number of aromatic hydroxyl groups is 2. The maximum absolute atomic E-state index is 12.0. The summed E-state index contributed by atoms with van der Waals surface area (Å²) in [5, 5.41) is 22.5. The summed E-state index contributed by atoms with van der Waals surface area (Å²) in [6, 6.07) is 4.20. The Bertz CT molecular complexity index is 456. The first-order chi connectivity index (χ1) is 9.10. The maximum Gasteiger partial charge on any atom is 0.255 e. The van der Waals surface area contributed by atoms with Crippen molar-refractivity contribution in [3.05, 3.63) is 23.8 Å². The molecular formula is C14H19NO3S. The second-order valence-electron chi connectivity index (χ2n) is 4.88. The van der Waals surface area contributed by atoms with E-state index < -0.39 is 0 Å². The summed E-state index contributed by atoms with van der Waals surface area (Å²) in [6.07, 6.45) is 6.32.